The van der Waals surface area contributed by atoms with E-state index in [1.165, 1.54) is 26.2 Å². The van der Waals surface area contributed by atoms with Crippen molar-refractivity contribution in [3.63, 3.8) is 0 Å². The highest BCUT2D eigenvalue weighted by molar-refractivity contribution is 6.03. The molecule has 0 atom stereocenters. The lowest BCUT2D eigenvalue weighted by Gasteiger charge is -2.22. The Hall–Kier alpha value is -2.76. The average molecular weight is 338 g/mol. The zero-order valence-corrected chi connectivity index (χ0v) is 14.3. The van der Waals surface area contributed by atoms with Crippen LogP contribution >= 0.6 is 0 Å². The normalized spacial score (nSPS) is 14.8. The molecule has 2 N–H and O–H groups in total. The summed E-state index contributed by atoms with van der Waals surface area (Å²) in [5.41, 5.74) is 1.47. The molecule has 0 saturated heterocycles. The Balaban J connectivity index is 1.59. The van der Waals surface area contributed by atoms with Gasteiger partial charge in [-0.15, -0.1) is 10.2 Å². The molecule has 1 amide bonds. The van der Waals surface area contributed by atoms with Crippen molar-refractivity contribution in [1.29, 1.82) is 0 Å². The van der Waals surface area contributed by atoms with Gasteiger partial charge in [0, 0.05) is 17.3 Å². The lowest BCUT2D eigenvalue weighted by Crippen LogP contribution is -2.23. The number of hydrogen-bond acceptors (Lipinski definition) is 5. The standard InChI is InChI=1S/C19H22N4O2/c1-13(24)14-7-9-16(10-8-14)21-19(25)17-11-12-18(23-22-17)20-15-5-3-2-4-6-15/h7-12,15H,2-6H2,1H3,(H,20,23)(H,21,25). The third-order valence-electron chi connectivity index (χ3n) is 4.40. The van der Waals surface area contributed by atoms with Gasteiger partial charge in [0.05, 0.1) is 0 Å². The van der Waals surface area contributed by atoms with E-state index in [-0.39, 0.29) is 17.4 Å². The quantitative estimate of drug-likeness (QED) is 0.813. The van der Waals surface area contributed by atoms with Crippen molar-refractivity contribution in [3.8, 4) is 0 Å². The number of rotatable bonds is 5. The second kappa shape index (κ2) is 7.88. The summed E-state index contributed by atoms with van der Waals surface area (Å²) in [5, 5.41) is 14.2. The van der Waals surface area contributed by atoms with Crippen LogP contribution in [0.15, 0.2) is 36.4 Å². The topological polar surface area (TPSA) is 84.0 Å². The zero-order chi connectivity index (χ0) is 17.6. The highest BCUT2D eigenvalue weighted by Gasteiger charge is 2.14. The molecule has 25 heavy (non-hydrogen) atoms. The molecule has 2 aromatic rings. The zero-order valence-electron chi connectivity index (χ0n) is 14.3. The van der Waals surface area contributed by atoms with Gasteiger partial charge in [-0.2, -0.15) is 0 Å². The Kier molecular flexibility index (Phi) is 5.38. The highest BCUT2D eigenvalue weighted by Crippen LogP contribution is 2.20. The van der Waals surface area contributed by atoms with Crippen LogP contribution in [0.5, 0.6) is 0 Å². The summed E-state index contributed by atoms with van der Waals surface area (Å²) in [7, 11) is 0. The van der Waals surface area contributed by atoms with E-state index >= 15 is 0 Å². The molecule has 1 aromatic heterocycles. The minimum Gasteiger partial charge on any atom is -0.366 e. The van der Waals surface area contributed by atoms with Crippen molar-refractivity contribution in [2.75, 3.05) is 10.6 Å². The van der Waals surface area contributed by atoms with E-state index in [1.54, 1.807) is 36.4 Å². The third kappa shape index (κ3) is 4.62. The van der Waals surface area contributed by atoms with Gasteiger partial charge >= 0.3 is 0 Å². The number of aromatic nitrogens is 2. The van der Waals surface area contributed by atoms with E-state index in [2.05, 4.69) is 20.8 Å². The first kappa shape index (κ1) is 17.1. The third-order valence-corrected chi connectivity index (χ3v) is 4.40. The van der Waals surface area contributed by atoms with Gasteiger partial charge in [-0.05, 0) is 56.2 Å². The van der Waals surface area contributed by atoms with Gasteiger partial charge < -0.3 is 10.6 Å². The molecule has 3 rings (SSSR count). The number of benzene rings is 1. The largest absolute Gasteiger partial charge is 0.366 e. The second-order valence-electron chi connectivity index (χ2n) is 6.37. The van der Waals surface area contributed by atoms with Crippen LogP contribution < -0.4 is 10.6 Å². The fourth-order valence-electron chi connectivity index (χ4n) is 2.97. The molecule has 0 radical (unpaired) electrons. The summed E-state index contributed by atoms with van der Waals surface area (Å²) < 4.78 is 0. The maximum atomic E-state index is 12.2. The van der Waals surface area contributed by atoms with Crippen LogP contribution in [-0.2, 0) is 0 Å². The van der Waals surface area contributed by atoms with Crippen LogP contribution in [0.4, 0.5) is 11.5 Å². The van der Waals surface area contributed by atoms with Gasteiger partial charge in [-0.3, -0.25) is 9.59 Å². The van der Waals surface area contributed by atoms with Gasteiger partial charge in [0.15, 0.2) is 11.5 Å². The molecule has 1 aliphatic rings. The second-order valence-corrected chi connectivity index (χ2v) is 6.37. The van der Waals surface area contributed by atoms with Crippen molar-refractivity contribution in [3.05, 3.63) is 47.7 Å². The Morgan fingerprint density at radius 1 is 0.960 bits per heavy atom. The van der Waals surface area contributed by atoms with E-state index in [0.29, 0.717) is 23.1 Å². The number of ketones is 1. The van der Waals surface area contributed by atoms with Gasteiger partial charge in [-0.1, -0.05) is 19.3 Å². The Morgan fingerprint density at radius 3 is 2.28 bits per heavy atom. The van der Waals surface area contributed by atoms with Crippen molar-refractivity contribution < 1.29 is 9.59 Å². The smallest absolute Gasteiger partial charge is 0.276 e. The van der Waals surface area contributed by atoms with E-state index in [4.69, 9.17) is 0 Å². The molecule has 1 aliphatic carbocycles. The number of hydrogen-bond donors (Lipinski definition) is 2. The highest BCUT2D eigenvalue weighted by atomic mass is 16.2. The summed E-state index contributed by atoms with van der Waals surface area (Å²) in [6.07, 6.45) is 6.10. The average Bonchev–Trinajstić information content (AvgIpc) is 2.63. The summed E-state index contributed by atoms with van der Waals surface area (Å²) in [5.74, 6) is 0.367. The maximum absolute atomic E-state index is 12.2. The van der Waals surface area contributed by atoms with Crippen LogP contribution in [0.2, 0.25) is 0 Å². The number of Topliss-reactive ketones (excluding diaryl/α,β-unsaturated/α-hetero) is 1. The number of amides is 1. The van der Waals surface area contributed by atoms with Crippen molar-refractivity contribution in [2.45, 2.75) is 45.1 Å². The van der Waals surface area contributed by atoms with E-state index in [1.807, 2.05) is 0 Å². The number of carbonyl (C=O) groups excluding carboxylic acids is 2. The van der Waals surface area contributed by atoms with Gasteiger partial charge in [-0.25, -0.2) is 0 Å². The fraction of sp³-hybridized carbons (Fsp3) is 0.368. The molecular formula is C19H22N4O2. The van der Waals surface area contributed by atoms with E-state index < -0.39 is 0 Å². The van der Waals surface area contributed by atoms with Crippen molar-refractivity contribution in [2.24, 2.45) is 0 Å². The summed E-state index contributed by atoms with van der Waals surface area (Å²) in [6.45, 7) is 1.51. The fourth-order valence-corrected chi connectivity index (χ4v) is 2.97. The number of nitrogens with one attached hydrogen (secondary N) is 2. The Bertz CT molecular complexity index is 735. The van der Waals surface area contributed by atoms with Gasteiger partial charge in [0.1, 0.15) is 5.82 Å². The molecule has 0 bridgehead atoms. The number of nitrogens with zero attached hydrogens (tertiary/aromatic N) is 2. The number of carbonyl (C=O) groups is 2. The first-order valence-electron chi connectivity index (χ1n) is 8.64. The van der Waals surface area contributed by atoms with Crippen LogP contribution in [0.1, 0.15) is 59.9 Å². The first-order valence-corrected chi connectivity index (χ1v) is 8.64. The van der Waals surface area contributed by atoms with Crippen molar-refractivity contribution in [1.82, 2.24) is 10.2 Å². The summed E-state index contributed by atoms with van der Waals surface area (Å²) in [6, 6.07) is 10.7. The minimum absolute atomic E-state index is 0.00945. The summed E-state index contributed by atoms with van der Waals surface area (Å²) >= 11 is 0. The predicted molar refractivity (Wildman–Crippen MR) is 96.9 cm³/mol. The Morgan fingerprint density at radius 2 is 1.68 bits per heavy atom. The van der Waals surface area contributed by atoms with Crippen molar-refractivity contribution >= 4 is 23.2 Å². The van der Waals surface area contributed by atoms with Crippen LogP contribution in [-0.4, -0.2) is 27.9 Å². The molecule has 6 nitrogen and oxygen atoms in total. The maximum Gasteiger partial charge on any atom is 0.276 e. The van der Waals surface area contributed by atoms with Crippen LogP contribution in [0, 0.1) is 0 Å². The molecule has 0 aliphatic heterocycles. The molecule has 0 spiro atoms. The van der Waals surface area contributed by atoms with Crippen LogP contribution in [0.25, 0.3) is 0 Å². The van der Waals surface area contributed by atoms with E-state index in [0.717, 1.165) is 12.8 Å². The predicted octanol–water partition coefficient (Wildman–Crippen LogP) is 3.68. The lowest BCUT2D eigenvalue weighted by atomic mass is 9.95. The lowest BCUT2D eigenvalue weighted by molar-refractivity contribution is 0.101. The van der Waals surface area contributed by atoms with Gasteiger partial charge in [0.25, 0.3) is 5.91 Å². The molecule has 1 saturated carbocycles. The molecular weight excluding hydrogens is 316 g/mol. The molecule has 6 heteroatoms. The first-order chi connectivity index (χ1) is 12.1. The SMILES string of the molecule is CC(=O)c1ccc(NC(=O)c2ccc(NC3CCCCC3)nn2)cc1. The minimum atomic E-state index is -0.327. The van der Waals surface area contributed by atoms with E-state index in [9.17, 15) is 9.59 Å². The van der Waals surface area contributed by atoms with Gasteiger partial charge in [0.2, 0.25) is 0 Å². The molecule has 1 aromatic carbocycles. The summed E-state index contributed by atoms with van der Waals surface area (Å²) in [4.78, 5) is 23.5. The molecule has 1 fully saturated rings. The monoisotopic (exact) mass is 338 g/mol. The Labute approximate surface area is 147 Å². The molecule has 0 unspecified atom stereocenters. The molecule has 130 valence electrons. The van der Waals surface area contributed by atoms with Crippen LogP contribution in [0.3, 0.4) is 0 Å². The number of anilines is 2. The molecule has 1 heterocycles.